The SMILES string of the molecule is CC(C)(C)[Si](C)(C)O[C@@H](CCC1C(=O)N(c2ccc(F)cc2)[C@@H]1c1ccc(COCc2ccccc2)cc1OCc1ccccc1)c1ccc(F)cc1. The van der Waals surface area contributed by atoms with Crippen LogP contribution < -0.4 is 9.64 Å². The van der Waals surface area contributed by atoms with Crippen LogP contribution in [0, 0.1) is 17.6 Å². The van der Waals surface area contributed by atoms with Crippen LogP contribution in [0.3, 0.4) is 0 Å². The summed E-state index contributed by atoms with van der Waals surface area (Å²) < 4.78 is 47.7. The molecule has 5 aromatic rings. The Morgan fingerprint density at radius 2 is 1.28 bits per heavy atom. The standard InChI is InChI=1S/C45H49F2NO4Si/c1-45(2,3)53(4,5)52-41(35-17-19-36(46)20-18-35)27-26-40-43(48(44(40)49)38-23-21-37(47)22-24-38)39-25-16-34(30-50-29-32-12-8-6-9-13-32)28-42(39)51-31-33-14-10-7-11-15-33/h6-25,28,40-41,43H,26-27,29-31H2,1-5H3/t40?,41-,43+/m0/s1. The molecule has 0 N–H and O–H groups in total. The summed E-state index contributed by atoms with van der Waals surface area (Å²) in [4.78, 5) is 15.9. The summed E-state index contributed by atoms with van der Waals surface area (Å²) in [7, 11) is -2.25. The Morgan fingerprint density at radius 1 is 0.717 bits per heavy atom. The minimum absolute atomic E-state index is 0.0446. The number of nitrogens with zero attached hydrogens (tertiary/aromatic N) is 1. The van der Waals surface area contributed by atoms with Crippen LogP contribution in [0.15, 0.2) is 127 Å². The van der Waals surface area contributed by atoms with Crippen LogP contribution in [0.1, 0.15) is 73.6 Å². The molecular formula is C45H49F2NO4Si. The van der Waals surface area contributed by atoms with Crippen molar-refractivity contribution >= 4 is 19.9 Å². The van der Waals surface area contributed by atoms with Crippen molar-refractivity contribution in [3.63, 3.8) is 0 Å². The molecule has 0 saturated carbocycles. The van der Waals surface area contributed by atoms with Gasteiger partial charge in [0.15, 0.2) is 8.32 Å². The summed E-state index contributed by atoms with van der Waals surface area (Å²) >= 11 is 0. The molecule has 53 heavy (non-hydrogen) atoms. The van der Waals surface area contributed by atoms with E-state index in [1.807, 2.05) is 78.9 Å². The second-order valence-corrected chi connectivity index (χ2v) is 20.1. The molecule has 0 aromatic heterocycles. The molecule has 5 aromatic carbocycles. The molecule has 6 rings (SSSR count). The Kier molecular flexibility index (Phi) is 11.9. The zero-order valence-electron chi connectivity index (χ0n) is 31.2. The van der Waals surface area contributed by atoms with E-state index in [4.69, 9.17) is 13.9 Å². The maximum absolute atomic E-state index is 14.2. The normalized spacial score (nSPS) is 16.7. The molecule has 1 aliphatic rings. The number of amides is 1. The molecular weight excluding hydrogens is 685 g/mol. The average Bonchev–Trinajstić information content (AvgIpc) is 3.14. The van der Waals surface area contributed by atoms with Crippen molar-refractivity contribution < 1.29 is 27.5 Å². The van der Waals surface area contributed by atoms with E-state index in [0.29, 0.717) is 44.1 Å². The number of ether oxygens (including phenoxy) is 2. The van der Waals surface area contributed by atoms with E-state index in [1.165, 1.54) is 24.3 Å². The van der Waals surface area contributed by atoms with Gasteiger partial charge in [-0.2, -0.15) is 0 Å². The van der Waals surface area contributed by atoms with Gasteiger partial charge in [0.1, 0.15) is 24.0 Å². The first-order valence-electron chi connectivity index (χ1n) is 18.3. The van der Waals surface area contributed by atoms with Gasteiger partial charge in [0.05, 0.1) is 31.3 Å². The first-order chi connectivity index (χ1) is 25.4. The fourth-order valence-electron chi connectivity index (χ4n) is 6.54. The summed E-state index contributed by atoms with van der Waals surface area (Å²) in [6.45, 7) is 12.2. The first kappa shape index (κ1) is 38.1. The van der Waals surface area contributed by atoms with Gasteiger partial charge >= 0.3 is 0 Å². The van der Waals surface area contributed by atoms with E-state index in [0.717, 1.165) is 27.8 Å². The lowest BCUT2D eigenvalue weighted by molar-refractivity contribution is -0.131. The number of carbonyl (C=O) groups excluding carboxylic acids is 1. The van der Waals surface area contributed by atoms with Gasteiger partial charge in [-0.25, -0.2) is 8.78 Å². The predicted octanol–water partition coefficient (Wildman–Crippen LogP) is 11.5. The summed E-state index contributed by atoms with van der Waals surface area (Å²) in [6, 6.07) is 38.3. The van der Waals surface area contributed by atoms with Crippen LogP contribution in [-0.2, 0) is 33.8 Å². The predicted molar refractivity (Wildman–Crippen MR) is 209 cm³/mol. The third-order valence-electron chi connectivity index (χ3n) is 10.6. The van der Waals surface area contributed by atoms with Crippen LogP contribution in [0.5, 0.6) is 5.75 Å². The van der Waals surface area contributed by atoms with Gasteiger partial charge in [0, 0.05) is 11.3 Å². The molecule has 1 saturated heterocycles. The van der Waals surface area contributed by atoms with E-state index < -0.39 is 14.2 Å². The molecule has 1 heterocycles. The Labute approximate surface area is 313 Å². The molecule has 1 unspecified atom stereocenters. The zero-order chi connectivity index (χ0) is 37.6. The van der Waals surface area contributed by atoms with Crippen LogP contribution >= 0.6 is 0 Å². The lowest BCUT2D eigenvalue weighted by atomic mass is 9.77. The molecule has 0 spiro atoms. The van der Waals surface area contributed by atoms with Crippen molar-refractivity contribution in [1.82, 2.24) is 0 Å². The number of carbonyl (C=O) groups is 1. The number of benzene rings is 5. The van der Waals surface area contributed by atoms with Crippen molar-refractivity contribution in [3.8, 4) is 5.75 Å². The smallest absolute Gasteiger partial charge is 0.233 e. The van der Waals surface area contributed by atoms with E-state index in [1.54, 1.807) is 29.2 Å². The van der Waals surface area contributed by atoms with Gasteiger partial charge in [-0.05, 0) is 95.7 Å². The minimum atomic E-state index is -2.25. The molecule has 0 bridgehead atoms. The van der Waals surface area contributed by atoms with Crippen molar-refractivity contribution in [3.05, 3.63) is 167 Å². The third kappa shape index (κ3) is 9.30. The summed E-state index contributed by atoms with van der Waals surface area (Å²) in [5.41, 5.74) is 5.43. The Morgan fingerprint density at radius 3 is 1.89 bits per heavy atom. The lowest BCUT2D eigenvalue weighted by Crippen LogP contribution is -2.55. The van der Waals surface area contributed by atoms with Gasteiger partial charge in [-0.3, -0.25) is 4.79 Å². The lowest BCUT2D eigenvalue weighted by Gasteiger charge is -2.48. The van der Waals surface area contributed by atoms with Gasteiger partial charge in [0.25, 0.3) is 0 Å². The molecule has 1 aliphatic heterocycles. The molecule has 5 nitrogen and oxygen atoms in total. The number of hydrogen-bond acceptors (Lipinski definition) is 4. The Hall–Kier alpha value is -4.63. The topological polar surface area (TPSA) is 48.0 Å². The quantitative estimate of drug-likeness (QED) is 0.0794. The molecule has 0 radical (unpaired) electrons. The fourth-order valence-corrected chi connectivity index (χ4v) is 7.86. The highest BCUT2D eigenvalue weighted by molar-refractivity contribution is 6.74. The van der Waals surface area contributed by atoms with E-state index >= 15 is 0 Å². The molecule has 0 aliphatic carbocycles. The molecule has 3 atom stereocenters. The van der Waals surface area contributed by atoms with Crippen molar-refractivity contribution in [2.45, 2.75) is 83.7 Å². The minimum Gasteiger partial charge on any atom is -0.489 e. The number of β-lactam (4-membered cyclic amide) rings is 1. The highest BCUT2D eigenvalue weighted by atomic mass is 28.4. The summed E-state index contributed by atoms with van der Waals surface area (Å²) in [6.07, 6.45) is 0.772. The van der Waals surface area contributed by atoms with E-state index in [2.05, 4.69) is 33.9 Å². The van der Waals surface area contributed by atoms with Crippen LogP contribution in [0.4, 0.5) is 14.5 Å². The van der Waals surface area contributed by atoms with Crippen molar-refractivity contribution in [1.29, 1.82) is 0 Å². The van der Waals surface area contributed by atoms with Gasteiger partial charge in [-0.1, -0.05) is 106 Å². The summed E-state index contributed by atoms with van der Waals surface area (Å²) in [5.74, 6) is -0.453. The van der Waals surface area contributed by atoms with Gasteiger partial charge in [-0.15, -0.1) is 0 Å². The highest BCUT2D eigenvalue weighted by Crippen LogP contribution is 2.50. The maximum Gasteiger partial charge on any atom is 0.233 e. The average molecular weight is 734 g/mol. The van der Waals surface area contributed by atoms with Crippen LogP contribution in [-0.4, -0.2) is 14.2 Å². The molecule has 1 amide bonds. The first-order valence-corrected chi connectivity index (χ1v) is 21.2. The third-order valence-corrected chi connectivity index (χ3v) is 15.0. The van der Waals surface area contributed by atoms with E-state index in [9.17, 15) is 13.6 Å². The molecule has 1 fully saturated rings. The number of halogens is 2. The molecule has 8 heteroatoms. The van der Waals surface area contributed by atoms with Gasteiger partial charge in [0.2, 0.25) is 5.91 Å². The Balaban J connectivity index is 1.32. The summed E-state index contributed by atoms with van der Waals surface area (Å²) in [5, 5.41) is -0.0446. The maximum atomic E-state index is 14.2. The van der Waals surface area contributed by atoms with Crippen molar-refractivity contribution in [2.75, 3.05) is 4.90 Å². The largest absolute Gasteiger partial charge is 0.489 e. The van der Waals surface area contributed by atoms with Gasteiger partial charge < -0.3 is 18.8 Å². The molecule has 276 valence electrons. The number of anilines is 1. The fraction of sp³-hybridized carbons (Fsp3) is 0.311. The number of hydrogen-bond donors (Lipinski definition) is 0. The highest BCUT2D eigenvalue weighted by Gasteiger charge is 2.50. The van der Waals surface area contributed by atoms with Crippen LogP contribution in [0.25, 0.3) is 0 Å². The van der Waals surface area contributed by atoms with E-state index in [-0.39, 0.29) is 34.7 Å². The van der Waals surface area contributed by atoms with Crippen molar-refractivity contribution in [2.24, 2.45) is 5.92 Å². The second-order valence-electron chi connectivity index (χ2n) is 15.4. The van der Waals surface area contributed by atoms with Crippen LogP contribution in [0.2, 0.25) is 18.1 Å². The Bertz CT molecular complexity index is 1950. The zero-order valence-corrected chi connectivity index (χ0v) is 32.2. The monoisotopic (exact) mass is 733 g/mol. The second kappa shape index (κ2) is 16.6. The number of rotatable bonds is 15.